The number of nitrogens with zero attached hydrogens (tertiary/aromatic N) is 4. The Balaban J connectivity index is 1.85. The minimum Gasteiger partial charge on any atom is -0.320 e. The van der Waals surface area contributed by atoms with Crippen molar-refractivity contribution in [3.8, 4) is 5.69 Å². The van der Waals surface area contributed by atoms with Crippen LogP contribution in [0.2, 0.25) is 0 Å². The van der Waals surface area contributed by atoms with Gasteiger partial charge in [-0.15, -0.1) is 5.10 Å². The third-order valence-corrected chi connectivity index (χ3v) is 4.06. The van der Waals surface area contributed by atoms with Gasteiger partial charge in [-0.05, 0) is 44.5 Å². The van der Waals surface area contributed by atoms with E-state index in [0.717, 1.165) is 11.3 Å². The molecule has 3 aromatic rings. The molecule has 0 aliphatic rings. The first-order valence-corrected chi connectivity index (χ1v) is 7.92. The summed E-state index contributed by atoms with van der Waals surface area (Å²) in [4.78, 5) is 22.9. The number of nitro groups is 1. The number of aromatic nitrogens is 3. The molecule has 0 bridgehead atoms. The van der Waals surface area contributed by atoms with E-state index in [2.05, 4.69) is 15.6 Å². The van der Waals surface area contributed by atoms with Gasteiger partial charge in [-0.25, -0.2) is 4.68 Å². The van der Waals surface area contributed by atoms with Crippen molar-refractivity contribution in [2.24, 2.45) is 0 Å². The number of benzene rings is 2. The minimum absolute atomic E-state index is 0.0259. The van der Waals surface area contributed by atoms with E-state index in [1.54, 1.807) is 18.5 Å². The standard InChI is InChI=1S/C18H17N5O3/c1-11-4-6-14(7-5-11)22-13(3)17(20-21-22)18(24)19-16-9-8-15(23(25)26)10-12(16)2/h4-10H,1-3H3,(H,19,24). The van der Waals surface area contributed by atoms with Crippen molar-refractivity contribution in [1.29, 1.82) is 0 Å². The van der Waals surface area contributed by atoms with Crippen LogP contribution in [0.5, 0.6) is 0 Å². The van der Waals surface area contributed by atoms with E-state index in [-0.39, 0.29) is 11.4 Å². The lowest BCUT2D eigenvalue weighted by Gasteiger charge is -2.08. The van der Waals surface area contributed by atoms with Gasteiger partial charge in [0.15, 0.2) is 5.69 Å². The summed E-state index contributed by atoms with van der Waals surface area (Å²) in [5.41, 5.74) is 3.79. The summed E-state index contributed by atoms with van der Waals surface area (Å²) in [6.07, 6.45) is 0. The van der Waals surface area contributed by atoms with Gasteiger partial charge >= 0.3 is 0 Å². The van der Waals surface area contributed by atoms with Gasteiger partial charge in [0.1, 0.15) is 0 Å². The maximum absolute atomic E-state index is 12.5. The molecule has 1 amide bonds. The first-order valence-electron chi connectivity index (χ1n) is 7.92. The molecule has 1 aromatic heterocycles. The number of carbonyl (C=O) groups is 1. The van der Waals surface area contributed by atoms with Crippen molar-refractivity contribution in [3.63, 3.8) is 0 Å². The van der Waals surface area contributed by atoms with E-state index >= 15 is 0 Å². The molecule has 0 spiro atoms. The number of non-ortho nitro benzene ring substituents is 1. The summed E-state index contributed by atoms with van der Waals surface area (Å²) in [7, 11) is 0. The summed E-state index contributed by atoms with van der Waals surface area (Å²) in [5, 5.41) is 21.6. The molecule has 1 N–H and O–H groups in total. The highest BCUT2D eigenvalue weighted by atomic mass is 16.6. The van der Waals surface area contributed by atoms with Crippen LogP contribution in [0.25, 0.3) is 5.69 Å². The Morgan fingerprint density at radius 1 is 1.12 bits per heavy atom. The van der Waals surface area contributed by atoms with Crippen LogP contribution in [0, 0.1) is 30.9 Å². The summed E-state index contributed by atoms with van der Waals surface area (Å²) in [6, 6.07) is 12.0. The molecule has 0 saturated heterocycles. The van der Waals surface area contributed by atoms with Gasteiger partial charge in [0.2, 0.25) is 0 Å². The number of amides is 1. The van der Waals surface area contributed by atoms with Crippen LogP contribution in [-0.4, -0.2) is 25.8 Å². The zero-order valence-corrected chi connectivity index (χ0v) is 14.6. The lowest BCUT2D eigenvalue weighted by Crippen LogP contribution is -2.15. The predicted molar refractivity (Wildman–Crippen MR) is 96.6 cm³/mol. The lowest BCUT2D eigenvalue weighted by molar-refractivity contribution is -0.384. The Morgan fingerprint density at radius 2 is 1.81 bits per heavy atom. The molecule has 0 aliphatic carbocycles. The summed E-state index contributed by atoms with van der Waals surface area (Å²) < 4.78 is 1.59. The van der Waals surface area contributed by atoms with Gasteiger partial charge in [-0.3, -0.25) is 14.9 Å². The van der Waals surface area contributed by atoms with Crippen LogP contribution in [0.1, 0.15) is 27.3 Å². The SMILES string of the molecule is Cc1ccc(-n2nnc(C(=O)Nc3ccc([N+](=O)[O-])cc3C)c2C)cc1. The summed E-state index contributed by atoms with van der Waals surface area (Å²) in [5.74, 6) is -0.419. The molecule has 1 heterocycles. The van der Waals surface area contributed by atoms with Crippen LogP contribution in [0.3, 0.4) is 0 Å². The van der Waals surface area contributed by atoms with Gasteiger partial charge in [-0.1, -0.05) is 22.9 Å². The fourth-order valence-electron chi connectivity index (χ4n) is 2.55. The molecule has 0 atom stereocenters. The van der Waals surface area contributed by atoms with Crippen LogP contribution in [0.4, 0.5) is 11.4 Å². The molecule has 0 unspecified atom stereocenters. The van der Waals surface area contributed by atoms with Crippen LogP contribution in [0.15, 0.2) is 42.5 Å². The molecule has 26 heavy (non-hydrogen) atoms. The molecular formula is C18H17N5O3. The maximum atomic E-state index is 12.5. The van der Waals surface area contributed by atoms with Crippen molar-refractivity contribution in [1.82, 2.24) is 15.0 Å². The molecular weight excluding hydrogens is 334 g/mol. The molecule has 3 rings (SSSR count). The molecule has 0 radical (unpaired) electrons. The normalized spacial score (nSPS) is 10.6. The third-order valence-electron chi connectivity index (χ3n) is 4.06. The second kappa shape index (κ2) is 6.75. The van der Waals surface area contributed by atoms with Crippen molar-refractivity contribution < 1.29 is 9.72 Å². The van der Waals surface area contributed by atoms with E-state index in [1.807, 2.05) is 31.2 Å². The van der Waals surface area contributed by atoms with Crippen LogP contribution >= 0.6 is 0 Å². The zero-order valence-electron chi connectivity index (χ0n) is 14.6. The highest BCUT2D eigenvalue weighted by Crippen LogP contribution is 2.22. The summed E-state index contributed by atoms with van der Waals surface area (Å²) >= 11 is 0. The highest BCUT2D eigenvalue weighted by Gasteiger charge is 2.18. The quantitative estimate of drug-likeness (QED) is 0.573. The van der Waals surface area contributed by atoms with Gasteiger partial charge in [0.05, 0.1) is 16.3 Å². The Kier molecular flexibility index (Phi) is 4.49. The number of hydrogen-bond donors (Lipinski definition) is 1. The average molecular weight is 351 g/mol. The second-order valence-electron chi connectivity index (χ2n) is 5.98. The molecule has 8 heteroatoms. The van der Waals surface area contributed by atoms with E-state index in [4.69, 9.17) is 0 Å². The fraction of sp³-hybridized carbons (Fsp3) is 0.167. The number of nitro benzene ring substituents is 1. The monoisotopic (exact) mass is 351 g/mol. The smallest absolute Gasteiger partial charge is 0.278 e. The van der Waals surface area contributed by atoms with Crippen molar-refractivity contribution in [2.45, 2.75) is 20.8 Å². The second-order valence-corrected chi connectivity index (χ2v) is 5.98. The largest absolute Gasteiger partial charge is 0.320 e. The topological polar surface area (TPSA) is 103 Å². The Hall–Kier alpha value is -3.55. The Morgan fingerprint density at radius 3 is 2.42 bits per heavy atom. The summed E-state index contributed by atoms with van der Waals surface area (Å²) in [6.45, 7) is 5.44. The third kappa shape index (κ3) is 3.30. The molecule has 0 fully saturated rings. The van der Waals surface area contributed by atoms with Crippen LogP contribution < -0.4 is 5.32 Å². The predicted octanol–water partition coefficient (Wildman–Crippen LogP) is 3.35. The van der Waals surface area contributed by atoms with E-state index in [0.29, 0.717) is 16.9 Å². The number of anilines is 1. The van der Waals surface area contributed by atoms with Gasteiger partial charge < -0.3 is 5.32 Å². The van der Waals surface area contributed by atoms with E-state index < -0.39 is 10.8 Å². The fourth-order valence-corrected chi connectivity index (χ4v) is 2.55. The number of carbonyl (C=O) groups excluding carboxylic acids is 1. The Labute approximate surface area is 149 Å². The van der Waals surface area contributed by atoms with Crippen LogP contribution in [-0.2, 0) is 0 Å². The van der Waals surface area contributed by atoms with Crippen molar-refractivity contribution >= 4 is 17.3 Å². The van der Waals surface area contributed by atoms with Gasteiger partial charge in [0, 0.05) is 17.8 Å². The van der Waals surface area contributed by atoms with Gasteiger partial charge in [-0.2, -0.15) is 0 Å². The first kappa shape index (κ1) is 17.3. The molecule has 2 aromatic carbocycles. The number of nitrogens with one attached hydrogen (secondary N) is 1. The molecule has 0 aliphatic heterocycles. The average Bonchev–Trinajstić information content (AvgIpc) is 2.99. The number of rotatable bonds is 4. The van der Waals surface area contributed by atoms with E-state index in [9.17, 15) is 14.9 Å². The highest BCUT2D eigenvalue weighted by molar-refractivity contribution is 6.04. The zero-order chi connectivity index (χ0) is 18.8. The molecule has 8 nitrogen and oxygen atoms in total. The molecule has 0 saturated carbocycles. The minimum atomic E-state index is -0.476. The number of hydrogen-bond acceptors (Lipinski definition) is 5. The lowest BCUT2D eigenvalue weighted by atomic mass is 10.1. The first-order chi connectivity index (χ1) is 12.4. The maximum Gasteiger partial charge on any atom is 0.278 e. The van der Waals surface area contributed by atoms with Crippen molar-refractivity contribution in [2.75, 3.05) is 5.32 Å². The molecule has 132 valence electrons. The van der Waals surface area contributed by atoms with Crippen molar-refractivity contribution in [3.05, 3.63) is 75.1 Å². The number of aryl methyl sites for hydroxylation is 2. The van der Waals surface area contributed by atoms with E-state index in [1.165, 1.54) is 18.2 Å². The van der Waals surface area contributed by atoms with Gasteiger partial charge in [0.25, 0.3) is 11.6 Å². The Bertz CT molecular complexity index is 993.